The van der Waals surface area contributed by atoms with Crippen molar-refractivity contribution in [3.63, 3.8) is 0 Å². The minimum absolute atomic E-state index is 0.596. The molecule has 2 atom stereocenters. The Hall–Kier alpha value is -1.61. The van der Waals surface area contributed by atoms with Crippen LogP contribution in [-0.2, 0) is 0 Å². The molecular weight excluding hydrogens is 236 g/mol. The van der Waals surface area contributed by atoms with Gasteiger partial charge < -0.3 is 10.5 Å². The molecule has 19 heavy (non-hydrogen) atoms. The molecule has 2 N–H and O–H groups in total. The zero-order valence-corrected chi connectivity index (χ0v) is 11.1. The van der Waals surface area contributed by atoms with Crippen molar-refractivity contribution in [1.82, 2.24) is 4.98 Å². The average Bonchev–Trinajstić information content (AvgIpc) is 2.92. The Bertz CT molecular complexity index is 555. The maximum atomic E-state index is 5.86. The summed E-state index contributed by atoms with van der Waals surface area (Å²) in [5.41, 5.74) is 6.78. The molecule has 0 saturated heterocycles. The van der Waals surface area contributed by atoms with Crippen molar-refractivity contribution >= 4 is 10.9 Å². The van der Waals surface area contributed by atoms with E-state index < -0.39 is 0 Å². The number of para-hydroxylation sites is 1. The van der Waals surface area contributed by atoms with Crippen LogP contribution in [0.15, 0.2) is 36.4 Å². The summed E-state index contributed by atoms with van der Waals surface area (Å²) in [6.45, 7) is 1.52. The molecule has 0 aliphatic heterocycles. The fraction of sp³-hybridized carbons (Fsp3) is 0.438. The lowest BCUT2D eigenvalue weighted by Gasteiger charge is -2.17. The van der Waals surface area contributed by atoms with Crippen molar-refractivity contribution in [3.8, 4) is 5.88 Å². The highest BCUT2D eigenvalue weighted by Gasteiger charge is 2.26. The Labute approximate surface area is 113 Å². The van der Waals surface area contributed by atoms with Crippen LogP contribution in [0.5, 0.6) is 5.88 Å². The number of benzene rings is 1. The Kier molecular flexibility index (Phi) is 3.65. The Morgan fingerprint density at radius 1 is 1.11 bits per heavy atom. The fourth-order valence-electron chi connectivity index (χ4n) is 2.96. The van der Waals surface area contributed by atoms with Crippen LogP contribution in [0.1, 0.15) is 19.3 Å². The molecule has 3 rings (SSSR count). The molecule has 1 heterocycles. The summed E-state index contributed by atoms with van der Waals surface area (Å²) < 4.78 is 5.86. The number of hydrogen-bond acceptors (Lipinski definition) is 3. The number of nitrogens with zero attached hydrogens (tertiary/aromatic N) is 1. The summed E-state index contributed by atoms with van der Waals surface area (Å²) in [5, 5.41) is 1.15. The van der Waals surface area contributed by atoms with Gasteiger partial charge in [0.1, 0.15) is 0 Å². The lowest BCUT2D eigenvalue weighted by Crippen LogP contribution is -2.23. The van der Waals surface area contributed by atoms with Crippen molar-refractivity contribution < 1.29 is 4.74 Å². The van der Waals surface area contributed by atoms with E-state index >= 15 is 0 Å². The summed E-state index contributed by atoms with van der Waals surface area (Å²) >= 11 is 0. The van der Waals surface area contributed by atoms with Gasteiger partial charge in [-0.2, -0.15) is 0 Å². The smallest absolute Gasteiger partial charge is 0.213 e. The molecule has 0 spiro atoms. The highest BCUT2D eigenvalue weighted by Crippen LogP contribution is 2.31. The molecule has 1 fully saturated rings. The van der Waals surface area contributed by atoms with Gasteiger partial charge in [0.2, 0.25) is 5.88 Å². The van der Waals surface area contributed by atoms with Crippen LogP contribution >= 0.6 is 0 Å². The third-order valence-corrected chi connectivity index (χ3v) is 4.14. The van der Waals surface area contributed by atoms with Gasteiger partial charge in [-0.25, -0.2) is 4.98 Å². The molecule has 2 unspecified atom stereocenters. The number of fused-ring (bicyclic) bond motifs is 1. The van der Waals surface area contributed by atoms with Gasteiger partial charge in [0.25, 0.3) is 0 Å². The zero-order chi connectivity index (χ0) is 13.1. The molecule has 3 heteroatoms. The molecule has 2 aromatic rings. The molecule has 1 aliphatic carbocycles. The van der Waals surface area contributed by atoms with E-state index in [0.717, 1.165) is 29.9 Å². The first-order chi connectivity index (χ1) is 9.36. The number of ether oxygens (including phenoxy) is 1. The minimum Gasteiger partial charge on any atom is -0.477 e. The molecule has 1 aromatic heterocycles. The van der Waals surface area contributed by atoms with Crippen LogP contribution in [0.3, 0.4) is 0 Å². The van der Waals surface area contributed by atoms with E-state index in [2.05, 4.69) is 17.1 Å². The van der Waals surface area contributed by atoms with Gasteiger partial charge in [0, 0.05) is 11.5 Å². The second-order valence-corrected chi connectivity index (χ2v) is 5.34. The van der Waals surface area contributed by atoms with Crippen molar-refractivity contribution in [2.45, 2.75) is 19.3 Å². The molecule has 1 aliphatic rings. The lowest BCUT2D eigenvalue weighted by atomic mass is 9.97. The van der Waals surface area contributed by atoms with E-state index in [0.29, 0.717) is 11.8 Å². The van der Waals surface area contributed by atoms with E-state index in [-0.39, 0.29) is 0 Å². The van der Waals surface area contributed by atoms with E-state index in [1.807, 2.05) is 24.3 Å². The Morgan fingerprint density at radius 3 is 2.84 bits per heavy atom. The summed E-state index contributed by atoms with van der Waals surface area (Å²) in [5.74, 6) is 1.94. The quantitative estimate of drug-likeness (QED) is 0.914. The topological polar surface area (TPSA) is 48.1 Å². The first kappa shape index (κ1) is 12.4. The van der Waals surface area contributed by atoms with Gasteiger partial charge in [-0.3, -0.25) is 0 Å². The zero-order valence-electron chi connectivity index (χ0n) is 11.1. The van der Waals surface area contributed by atoms with E-state index in [1.165, 1.54) is 19.3 Å². The monoisotopic (exact) mass is 256 g/mol. The standard InChI is InChI=1S/C16H20N2O/c17-10-13-5-3-6-14(13)11-19-16-9-8-12-4-1-2-7-15(12)18-16/h1-2,4,7-9,13-14H,3,5-6,10-11,17H2. The van der Waals surface area contributed by atoms with E-state index in [4.69, 9.17) is 10.5 Å². The van der Waals surface area contributed by atoms with Crippen molar-refractivity contribution in [1.29, 1.82) is 0 Å². The summed E-state index contributed by atoms with van der Waals surface area (Å²) in [7, 11) is 0. The molecule has 0 radical (unpaired) electrons. The van der Waals surface area contributed by atoms with Crippen LogP contribution in [0.4, 0.5) is 0 Å². The predicted molar refractivity (Wildman–Crippen MR) is 77.1 cm³/mol. The second-order valence-electron chi connectivity index (χ2n) is 5.34. The first-order valence-electron chi connectivity index (χ1n) is 7.05. The minimum atomic E-state index is 0.596. The fourth-order valence-corrected chi connectivity index (χ4v) is 2.96. The van der Waals surface area contributed by atoms with Crippen LogP contribution in [-0.4, -0.2) is 18.1 Å². The van der Waals surface area contributed by atoms with Gasteiger partial charge in [0.15, 0.2) is 0 Å². The molecule has 0 bridgehead atoms. The molecule has 0 amide bonds. The van der Waals surface area contributed by atoms with Crippen molar-refractivity contribution in [3.05, 3.63) is 36.4 Å². The summed E-state index contributed by atoms with van der Waals surface area (Å²) in [6.07, 6.45) is 3.76. The summed E-state index contributed by atoms with van der Waals surface area (Å²) in [6, 6.07) is 12.1. The highest BCUT2D eigenvalue weighted by molar-refractivity contribution is 5.78. The molecule has 1 saturated carbocycles. The average molecular weight is 256 g/mol. The van der Waals surface area contributed by atoms with E-state index in [1.54, 1.807) is 0 Å². The second kappa shape index (κ2) is 5.57. The lowest BCUT2D eigenvalue weighted by molar-refractivity contribution is 0.211. The first-order valence-corrected chi connectivity index (χ1v) is 7.05. The van der Waals surface area contributed by atoms with Crippen molar-refractivity contribution in [2.75, 3.05) is 13.2 Å². The number of aromatic nitrogens is 1. The van der Waals surface area contributed by atoms with E-state index in [9.17, 15) is 0 Å². The third kappa shape index (κ3) is 2.71. The van der Waals surface area contributed by atoms with Gasteiger partial charge in [0.05, 0.1) is 12.1 Å². The van der Waals surface area contributed by atoms with Crippen molar-refractivity contribution in [2.24, 2.45) is 17.6 Å². The third-order valence-electron chi connectivity index (χ3n) is 4.14. The largest absolute Gasteiger partial charge is 0.477 e. The number of rotatable bonds is 4. The number of hydrogen-bond donors (Lipinski definition) is 1. The molecule has 3 nitrogen and oxygen atoms in total. The van der Waals surface area contributed by atoms with Gasteiger partial charge >= 0.3 is 0 Å². The van der Waals surface area contributed by atoms with Crippen LogP contribution < -0.4 is 10.5 Å². The summed E-state index contributed by atoms with van der Waals surface area (Å²) in [4.78, 5) is 4.53. The number of nitrogens with two attached hydrogens (primary N) is 1. The highest BCUT2D eigenvalue weighted by atomic mass is 16.5. The normalized spacial score (nSPS) is 22.8. The molecule has 1 aromatic carbocycles. The van der Waals surface area contributed by atoms with Gasteiger partial charge in [-0.15, -0.1) is 0 Å². The maximum Gasteiger partial charge on any atom is 0.213 e. The molecule has 100 valence electrons. The Balaban J connectivity index is 1.68. The van der Waals surface area contributed by atoms with Gasteiger partial charge in [-0.05, 0) is 43.4 Å². The molecular formula is C16H20N2O. The predicted octanol–water partition coefficient (Wildman–Crippen LogP) is 2.99. The Morgan fingerprint density at radius 2 is 1.95 bits per heavy atom. The number of pyridine rings is 1. The van der Waals surface area contributed by atoms with Crippen LogP contribution in [0, 0.1) is 11.8 Å². The SMILES string of the molecule is NCC1CCCC1COc1ccc2ccccc2n1. The van der Waals surface area contributed by atoms with Crippen LogP contribution in [0.25, 0.3) is 10.9 Å². The van der Waals surface area contributed by atoms with Gasteiger partial charge in [-0.1, -0.05) is 24.6 Å². The maximum absolute atomic E-state index is 5.86. The van der Waals surface area contributed by atoms with Crippen LogP contribution in [0.2, 0.25) is 0 Å².